The van der Waals surface area contributed by atoms with Gasteiger partial charge in [-0.1, -0.05) is 55.4 Å². The number of benzene rings is 2. The lowest BCUT2D eigenvalue weighted by Gasteiger charge is -2.16. The van der Waals surface area contributed by atoms with Crippen molar-refractivity contribution in [2.45, 2.75) is 32.8 Å². The summed E-state index contributed by atoms with van der Waals surface area (Å²) in [5, 5.41) is 6.64. The van der Waals surface area contributed by atoms with Gasteiger partial charge >= 0.3 is 0 Å². The van der Waals surface area contributed by atoms with Gasteiger partial charge < -0.3 is 20.6 Å². The lowest BCUT2D eigenvalue weighted by atomic mass is 10.0. The first kappa shape index (κ1) is 19.3. The summed E-state index contributed by atoms with van der Waals surface area (Å²) in [5.41, 5.74) is 7.59. The fraction of sp³-hybridized carbons (Fsp3) is 0.300. The first-order chi connectivity index (χ1) is 12.5. The molecule has 0 aliphatic rings. The number of nitrogens with zero attached hydrogens (tertiary/aromatic N) is 1. The first-order valence-electron chi connectivity index (χ1n) is 8.53. The molecule has 0 fully saturated rings. The number of rotatable bonds is 8. The average molecular weight is 355 g/mol. The minimum absolute atomic E-state index is 0.0779. The average Bonchev–Trinajstić information content (AvgIpc) is 2.65. The smallest absolute Gasteiger partial charge is 0.267 e. The number of nitrogens with one attached hydrogen (secondary N) is 1. The van der Waals surface area contributed by atoms with Crippen molar-refractivity contribution in [3.8, 4) is 5.75 Å². The van der Waals surface area contributed by atoms with E-state index in [-0.39, 0.29) is 18.3 Å². The summed E-state index contributed by atoms with van der Waals surface area (Å²) in [7, 11) is 0. The van der Waals surface area contributed by atoms with Gasteiger partial charge in [-0.2, -0.15) is 0 Å². The molecule has 6 nitrogen and oxygen atoms in total. The van der Waals surface area contributed by atoms with Crippen LogP contribution in [0.2, 0.25) is 0 Å². The van der Waals surface area contributed by atoms with Gasteiger partial charge in [0.2, 0.25) is 6.10 Å². The highest BCUT2D eigenvalue weighted by Gasteiger charge is 2.17. The lowest BCUT2D eigenvalue weighted by Crippen LogP contribution is -2.29. The lowest BCUT2D eigenvalue weighted by molar-refractivity contribution is -0.126. The van der Waals surface area contributed by atoms with E-state index in [1.165, 1.54) is 0 Å². The summed E-state index contributed by atoms with van der Waals surface area (Å²) in [6.07, 6.45) is -0.787. The van der Waals surface area contributed by atoms with Crippen LogP contribution < -0.4 is 15.8 Å². The van der Waals surface area contributed by atoms with Gasteiger partial charge in [0, 0.05) is 5.69 Å². The van der Waals surface area contributed by atoms with Crippen LogP contribution in [-0.2, 0) is 9.63 Å². The van der Waals surface area contributed by atoms with Gasteiger partial charge in [-0.3, -0.25) is 4.79 Å². The number of ether oxygens (including phenoxy) is 1. The quantitative estimate of drug-likeness (QED) is 0.431. The van der Waals surface area contributed by atoms with Crippen molar-refractivity contribution in [2.75, 3.05) is 11.9 Å². The second-order valence-electron chi connectivity index (χ2n) is 6.16. The van der Waals surface area contributed by atoms with E-state index in [4.69, 9.17) is 15.3 Å². The Morgan fingerprint density at radius 2 is 1.73 bits per heavy atom. The number of amidine groups is 1. The Labute approximate surface area is 154 Å². The number of carbonyl (C=O) groups excluding carboxylic acids is 1. The van der Waals surface area contributed by atoms with E-state index >= 15 is 0 Å². The van der Waals surface area contributed by atoms with E-state index in [1.54, 1.807) is 6.92 Å². The topological polar surface area (TPSA) is 85.9 Å². The van der Waals surface area contributed by atoms with Gasteiger partial charge in [0.05, 0.1) is 0 Å². The highest BCUT2D eigenvalue weighted by Crippen LogP contribution is 2.23. The molecule has 3 N–H and O–H groups in total. The molecule has 2 aromatic rings. The third kappa shape index (κ3) is 5.81. The molecule has 0 radical (unpaired) electrons. The number of para-hydroxylation sites is 2. The fourth-order valence-corrected chi connectivity index (χ4v) is 2.24. The summed E-state index contributed by atoms with van der Waals surface area (Å²) < 4.78 is 5.46. The van der Waals surface area contributed by atoms with Gasteiger partial charge in [0.15, 0.2) is 5.84 Å². The van der Waals surface area contributed by atoms with Crippen LogP contribution in [0.1, 0.15) is 32.3 Å². The zero-order valence-electron chi connectivity index (χ0n) is 15.3. The summed E-state index contributed by atoms with van der Waals surface area (Å²) in [4.78, 5) is 17.5. The molecule has 1 unspecified atom stereocenters. The normalized spacial score (nSPS) is 12.5. The second kappa shape index (κ2) is 9.46. The van der Waals surface area contributed by atoms with E-state index in [1.807, 2.05) is 54.6 Å². The number of amides is 1. The van der Waals surface area contributed by atoms with Crippen LogP contribution in [0.3, 0.4) is 0 Å². The number of anilines is 1. The van der Waals surface area contributed by atoms with Gasteiger partial charge in [0.1, 0.15) is 12.4 Å². The van der Waals surface area contributed by atoms with Crippen LogP contribution >= 0.6 is 0 Å². The molecule has 0 bridgehead atoms. The van der Waals surface area contributed by atoms with E-state index in [0.29, 0.717) is 11.7 Å². The Morgan fingerprint density at radius 1 is 1.08 bits per heavy atom. The second-order valence-corrected chi connectivity index (χ2v) is 6.16. The summed E-state index contributed by atoms with van der Waals surface area (Å²) in [6.45, 7) is 5.84. The predicted octanol–water partition coefficient (Wildman–Crippen LogP) is 3.50. The van der Waals surface area contributed by atoms with Crippen LogP contribution in [0.15, 0.2) is 59.8 Å². The monoisotopic (exact) mass is 355 g/mol. The molecule has 2 rings (SSSR count). The molecule has 0 saturated carbocycles. The van der Waals surface area contributed by atoms with Crippen molar-refractivity contribution in [1.29, 1.82) is 0 Å². The summed E-state index contributed by atoms with van der Waals surface area (Å²) in [5.74, 6) is 0.836. The predicted molar refractivity (Wildman–Crippen MR) is 103 cm³/mol. The maximum absolute atomic E-state index is 12.3. The Hall–Kier alpha value is -3.02. The van der Waals surface area contributed by atoms with Crippen molar-refractivity contribution >= 4 is 17.4 Å². The minimum Gasteiger partial charge on any atom is -0.486 e. The third-order valence-corrected chi connectivity index (χ3v) is 3.67. The van der Waals surface area contributed by atoms with Gasteiger partial charge in [-0.15, -0.1) is 0 Å². The number of hydrogen-bond acceptors (Lipinski definition) is 4. The van der Waals surface area contributed by atoms with Crippen LogP contribution in [-0.4, -0.2) is 24.5 Å². The van der Waals surface area contributed by atoms with Crippen molar-refractivity contribution in [3.05, 3.63) is 60.2 Å². The minimum atomic E-state index is -0.787. The molecule has 2 aromatic carbocycles. The maximum Gasteiger partial charge on any atom is 0.267 e. The molecule has 0 aliphatic carbocycles. The molecule has 1 atom stereocenters. The largest absolute Gasteiger partial charge is 0.486 e. The van der Waals surface area contributed by atoms with Crippen LogP contribution in [0.25, 0.3) is 0 Å². The SMILES string of the molecule is CC(O/N=C(/N)COc1ccccc1)C(=O)Nc1ccccc1C(C)C. The molecule has 1 amide bonds. The van der Waals surface area contributed by atoms with Gasteiger partial charge in [0.25, 0.3) is 5.91 Å². The Morgan fingerprint density at radius 3 is 2.42 bits per heavy atom. The number of oxime groups is 1. The molecule has 0 spiro atoms. The van der Waals surface area contributed by atoms with E-state index in [0.717, 1.165) is 11.3 Å². The van der Waals surface area contributed by atoms with Gasteiger partial charge in [-0.05, 0) is 36.6 Å². The molecular weight excluding hydrogens is 330 g/mol. The fourth-order valence-electron chi connectivity index (χ4n) is 2.24. The molecule has 138 valence electrons. The maximum atomic E-state index is 12.3. The summed E-state index contributed by atoms with van der Waals surface area (Å²) in [6, 6.07) is 16.9. The third-order valence-electron chi connectivity index (χ3n) is 3.67. The Bertz CT molecular complexity index is 745. The molecule has 26 heavy (non-hydrogen) atoms. The molecule has 0 aliphatic heterocycles. The molecular formula is C20H25N3O3. The Kier molecular flexibility index (Phi) is 7.02. The molecule has 0 saturated heterocycles. The summed E-state index contributed by atoms with van der Waals surface area (Å²) >= 11 is 0. The van der Waals surface area contributed by atoms with Crippen molar-refractivity contribution in [1.82, 2.24) is 0 Å². The zero-order valence-corrected chi connectivity index (χ0v) is 15.3. The highest BCUT2D eigenvalue weighted by molar-refractivity contribution is 5.94. The van der Waals surface area contributed by atoms with E-state index in [9.17, 15) is 4.79 Å². The number of hydrogen-bond donors (Lipinski definition) is 2. The van der Waals surface area contributed by atoms with E-state index in [2.05, 4.69) is 24.3 Å². The number of carbonyl (C=O) groups is 1. The van der Waals surface area contributed by atoms with E-state index < -0.39 is 6.10 Å². The first-order valence-corrected chi connectivity index (χ1v) is 8.53. The Balaban J connectivity index is 1.86. The zero-order chi connectivity index (χ0) is 18.9. The standard InChI is InChI=1S/C20H25N3O3/c1-14(2)17-11-7-8-12-18(17)22-20(24)15(3)26-23-19(21)13-25-16-9-5-4-6-10-16/h4-12,14-15H,13H2,1-3H3,(H2,21,23)(H,22,24). The van der Waals surface area contributed by atoms with Crippen LogP contribution in [0, 0.1) is 0 Å². The number of nitrogens with two attached hydrogens (primary N) is 1. The molecule has 0 aromatic heterocycles. The van der Waals surface area contributed by atoms with Crippen LogP contribution in [0.4, 0.5) is 5.69 Å². The van der Waals surface area contributed by atoms with Crippen LogP contribution in [0.5, 0.6) is 5.75 Å². The molecule has 6 heteroatoms. The molecule has 0 heterocycles. The van der Waals surface area contributed by atoms with Crippen molar-refractivity contribution in [2.24, 2.45) is 10.9 Å². The van der Waals surface area contributed by atoms with Crippen molar-refractivity contribution in [3.63, 3.8) is 0 Å². The highest BCUT2D eigenvalue weighted by atomic mass is 16.6. The van der Waals surface area contributed by atoms with Gasteiger partial charge in [-0.25, -0.2) is 0 Å². The van der Waals surface area contributed by atoms with Crippen molar-refractivity contribution < 1.29 is 14.4 Å².